The topological polar surface area (TPSA) is 65.0 Å². The van der Waals surface area contributed by atoms with E-state index in [0.29, 0.717) is 17.3 Å². The van der Waals surface area contributed by atoms with E-state index in [4.69, 9.17) is 0 Å². The second kappa shape index (κ2) is 6.65. The highest BCUT2D eigenvalue weighted by Crippen LogP contribution is 2.46. The van der Waals surface area contributed by atoms with Crippen molar-refractivity contribution in [3.63, 3.8) is 0 Å². The number of hydrogen-bond donors (Lipinski definition) is 1. The highest BCUT2D eigenvalue weighted by molar-refractivity contribution is 7.91. The molecule has 1 saturated heterocycles. The molecule has 0 unspecified atom stereocenters. The fourth-order valence-electron chi connectivity index (χ4n) is 2.70. The molecule has 0 saturated carbocycles. The standard InChI is InChI=1S/C16H28N4O2S2/c1-15(2)12-20(16(15,3)4)14(17-5)18-9-10-19(6)24(21,22)13-8-7-11-23-13/h7-8,11H,9-10,12H2,1-6H3,(H,17,18). The first kappa shape index (κ1) is 19.2. The molecule has 2 rings (SSSR count). The van der Waals surface area contributed by atoms with Crippen molar-refractivity contribution in [1.82, 2.24) is 14.5 Å². The summed E-state index contributed by atoms with van der Waals surface area (Å²) in [6.07, 6.45) is 0. The molecule has 0 amide bonds. The molecule has 0 aromatic carbocycles. The number of hydrogen-bond acceptors (Lipinski definition) is 4. The van der Waals surface area contributed by atoms with Gasteiger partial charge in [0, 0.05) is 44.7 Å². The van der Waals surface area contributed by atoms with Crippen molar-refractivity contribution < 1.29 is 8.42 Å². The van der Waals surface area contributed by atoms with Gasteiger partial charge in [-0.25, -0.2) is 8.42 Å². The molecule has 0 radical (unpaired) electrons. The molecule has 0 atom stereocenters. The van der Waals surface area contributed by atoms with Gasteiger partial charge in [0.05, 0.1) is 0 Å². The smallest absolute Gasteiger partial charge is 0.252 e. The second-order valence-corrected chi connectivity index (χ2v) is 10.5. The quantitative estimate of drug-likeness (QED) is 0.635. The van der Waals surface area contributed by atoms with Crippen molar-refractivity contribution in [2.75, 3.05) is 33.7 Å². The molecule has 136 valence electrons. The van der Waals surface area contributed by atoms with Crippen LogP contribution in [0.2, 0.25) is 0 Å². The van der Waals surface area contributed by atoms with Gasteiger partial charge in [0.15, 0.2) is 5.96 Å². The van der Waals surface area contributed by atoms with E-state index >= 15 is 0 Å². The van der Waals surface area contributed by atoms with E-state index < -0.39 is 10.0 Å². The third kappa shape index (κ3) is 3.32. The van der Waals surface area contributed by atoms with E-state index in [1.165, 1.54) is 15.6 Å². The number of nitrogens with one attached hydrogen (secondary N) is 1. The van der Waals surface area contributed by atoms with Crippen LogP contribution in [-0.2, 0) is 10.0 Å². The highest BCUT2D eigenvalue weighted by Gasteiger charge is 2.53. The van der Waals surface area contributed by atoms with Crippen LogP contribution < -0.4 is 5.32 Å². The monoisotopic (exact) mass is 372 g/mol. The van der Waals surface area contributed by atoms with Gasteiger partial charge in [-0.1, -0.05) is 19.9 Å². The lowest BCUT2D eigenvalue weighted by molar-refractivity contribution is -0.0667. The molecule has 0 aliphatic carbocycles. The van der Waals surface area contributed by atoms with E-state index in [9.17, 15) is 8.42 Å². The third-order valence-electron chi connectivity index (χ3n) is 5.22. The fourth-order valence-corrected chi connectivity index (χ4v) is 5.08. The molecule has 2 heterocycles. The van der Waals surface area contributed by atoms with Crippen molar-refractivity contribution in [3.8, 4) is 0 Å². The molecule has 6 nitrogen and oxygen atoms in total. The molecule has 1 N–H and O–H groups in total. The predicted molar refractivity (Wildman–Crippen MR) is 100 cm³/mol. The maximum Gasteiger partial charge on any atom is 0.252 e. The number of sulfonamides is 1. The van der Waals surface area contributed by atoms with E-state index in [2.05, 4.69) is 42.9 Å². The third-order valence-corrected chi connectivity index (χ3v) is 8.45. The first-order chi connectivity index (χ1) is 11.0. The molecule has 1 aliphatic rings. The van der Waals surface area contributed by atoms with Crippen LogP contribution >= 0.6 is 11.3 Å². The van der Waals surface area contributed by atoms with Crippen LogP contribution in [-0.4, -0.2) is 62.9 Å². The lowest BCUT2D eigenvalue weighted by Crippen LogP contribution is -2.72. The van der Waals surface area contributed by atoms with Crippen LogP contribution in [0.15, 0.2) is 26.7 Å². The zero-order valence-corrected chi connectivity index (χ0v) is 17.0. The molecule has 1 aromatic rings. The number of likely N-dealkylation sites (tertiary alicyclic amines) is 1. The normalized spacial score (nSPS) is 20.1. The van der Waals surface area contributed by atoms with Crippen LogP contribution in [0.4, 0.5) is 0 Å². The molecule has 1 aromatic heterocycles. The zero-order valence-electron chi connectivity index (χ0n) is 15.3. The largest absolute Gasteiger partial charge is 0.355 e. The zero-order chi connectivity index (χ0) is 18.2. The van der Waals surface area contributed by atoms with Gasteiger partial charge in [-0.05, 0) is 25.3 Å². The number of nitrogens with zero attached hydrogens (tertiary/aromatic N) is 3. The average molecular weight is 373 g/mol. The Labute approximate surface area is 149 Å². The Balaban J connectivity index is 1.92. The van der Waals surface area contributed by atoms with E-state index in [-0.39, 0.29) is 11.0 Å². The summed E-state index contributed by atoms with van der Waals surface area (Å²) >= 11 is 1.24. The summed E-state index contributed by atoms with van der Waals surface area (Å²) in [6, 6.07) is 3.38. The molecule has 1 fully saturated rings. The molecule has 0 bridgehead atoms. The molecule has 1 aliphatic heterocycles. The SMILES string of the molecule is CN=C(NCCN(C)S(=O)(=O)c1cccs1)N1CC(C)(C)C1(C)C. The minimum absolute atomic E-state index is 0.0176. The van der Waals surface area contributed by atoms with Crippen molar-refractivity contribution in [2.24, 2.45) is 10.4 Å². The molecular weight excluding hydrogens is 344 g/mol. The van der Waals surface area contributed by atoms with Crippen molar-refractivity contribution >= 4 is 27.3 Å². The molecule has 24 heavy (non-hydrogen) atoms. The predicted octanol–water partition coefficient (Wildman–Crippen LogP) is 2.06. The number of aliphatic imine (C=N–C) groups is 1. The first-order valence-corrected chi connectivity index (χ1v) is 10.3. The summed E-state index contributed by atoms with van der Waals surface area (Å²) in [6.45, 7) is 10.7. The second-order valence-electron chi connectivity index (χ2n) is 7.26. The summed E-state index contributed by atoms with van der Waals surface area (Å²) < 4.78 is 26.5. The number of thiophene rings is 1. The first-order valence-electron chi connectivity index (χ1n) is 8.02. The molecule has 0 spiro atoms. The Morgan fingerprint density at radius 2 is 2.08 bits per heavy atom. The number of likely N-dealkylation sites (N-methyl/N-ethyl adjacent to an activating group) is 1. The Morgan fingerprint density at radius 1 is 1.42 bits per heavy atom. The van der Waals surface area contributed by atoms with Gasteiger partial charge in [0.1, 0.15) is 4.21 Å². The summed E-state index contributed by atoms with van der Waals surface area (Å²) in [7, 11) is -0.0281. The maximum atomic E-state index is 12.4. The Hall–Kier alpha value is -1.12. The van der Waals surface area contributed by atoms with Gasteiger partial charge in [0.25, 0.3) is 10.0 Å². The van der Waals surface area contributed by atoms with Gasteiger partial charge in [0.2, 0.25) is 0 Å². The highest BCUT2D eigenvalue weighted by atomic mass is 32.2. The van der Waals surface area contributed by atoms with Crippen LogP contribution in [0.25, 0.3) is 0 Å². The van der Waals surface area contributed by atoms with Crippen molar-refractivity contribution in [3.05, 3.63) is 17.5 Å². The van der Waals surface area contributed by atoms with Gasteiger partial charge in [-0.2, -0.15) is 4.31 Å². The summed E-state index contributed by atoms with van der Waals surface area (Å²) in [5.41, 5.74) is 0.244. The van der Waals surface area contributed by atoms with E-state index in [1.54, 1.807) is 31.6 Å². The summed E-state index contributed by atoms with van der Waals surface area (Å²) in [5.74, 6) is 0.821. The van der Waals surface area contributed by atoms with Gasteiger partial charge >= 0.3 is 0 Å². The maximum absolute atomic E-state index is 12.4. The lowest BCUT2D eigenvalue weighted by atomic mass is 9.65. The lowest BCUT2D eigenvalue weighted by Gasteiger charge is -2.62. The minimum atomic E-state index is -3.40. The van der Waals surface area contributed by atoms with E-state index in [0.717, 1.165) is 12.5 Å². The average Bonchev–Trinajstić information content (AvgIpc) is 3.04. The summed E-state index contributed by atoms with van der Waals surface area (Å²) in [5, 5.41) is 5.06. The van der Waals surface area contributed by atoms with Crippen LogP contribution in [0.3, 0.4) is 0 Å². The Bertz CT molecular complexity index is 694. The van der Waals surface area contributed by atoms with Crippen LogP contribution in [0, 0.1) is 5.41 Å². The summed E-state index contributed by atoms with van der Waals surface area (Å²) in [4.78, 5) is 6.58. The Kier molecular flexibility index (Phi) is 5.32. The fraction of sp³-hybridized carbons (Fsp3) is 0.688. The molecular formula is C16H28N4O2S2. The van der Waals surface area contributed by atoms with Gasteiger partial charge < -0.3 is 10.2 Å². The van der Waals surface area contributed by atoms with Gasteiger partial charge in [-0.3, -0.25) is 4.99 Å². The van der Waals surface area contributed by atoms with E-state index in [1.807, 2.05) is 0 Å². The van der Waals surface area contributed by atoms with Crippen LogP contribution in [0.5, 0.6) is 0 Å². The molecule has 8 heteroatoms. The minimum Gasteiger partial charge on any atom is -0.355 e. The van der Waals surface area contributed by atoms with Crippen LogP contribution in [0.1, 0.15) is 27.7 Å². The van der Waals surface area contributed by atoms with Crippen molar-refractivity contribution in [2.45, 2.75) is 37.4 Å². The van der Waals surface area contributed by atoms with Crippen molar-refractivity contribution in [1.29, 1.82) is 0 Å². The number of guanidine groups is 1. The number of rotatable bonds is 5. The Morgan fingerprint density at radius 3 is 2.54 bits per heavy atom. The van der Waals surface area contributed by atoms with Gasteiger partial charge in [-0.15, -0.1) is 11.3 Å².